The fourth-order valence-electron chi connectivity index (χ4n) is 1.36. The van der Waals surface area contributed by atoms with Gasteiger partial charge in [-0.25, -0.2) is 4.79 Å². The highest BCUT2D eigenvalue weighted by atomic mass is 79.9. The van der Waals surface area contributed by atoms with Crippen molar-refractivity contribution in [2.45, 2.75) is 13.5 Å². The average Bonchev–Trinajstić information content (AvgIpc) is 2.30. The maximum atomic E-state index is 11.8. The number of carbonyl (C=O) groups is 1. The number of benzene rings is 1. The van der Waals surface area contributed by atoms with Gasteiger partial charge < -0.3 is 9.80 Å². The summed E-state index contributed by atoms with van der Waals surface area (Å²) in [5.41, 5.74) is 1.13. The molecule has 0 aliphatic heterocycles. The van der Waals surface area contributed by atoms with E-state index in [1.807, 2.05) is 38.2 Å². The van der Waals surface area contributed by atoms with Crippen LogP contribution >= 0.6 is 15.9 Å². The molecule has 0 radical (unpaired) electrons. The predicted octanol–water partition coefficient (Wildman–Crippen LogP) is 2.95. The Morgan fingerprint density at radius 2 is 1.75 bits per heavy atom. The third-order valence-electron chi connectivity index (χ3n) is 2.46. The van der Waals surface area contributed by atoms with E-state index in [1.54, 1.807) is 16.8 Å². The molecule has 1 aromatic rings. The Kier molecular flexibility index (Phi) is 4.80. The highest BCUT2D eigenvalue weighted by Crippen LogP contribution is 2.12. The van der Waals surface area contributed by atoms with Crippen LogP contribution in [0.3, 0.4) is 0 Å². The average molecular weight is 285 g/mol. The van der Waals surface area contributed by atoms with Crippen LogP contribution in [0.2, 0.25) is 0 Å². The number of amides is 2. The molecule has 0 bridgehead atoms. The van der Waals surface area contributed by atoms with E-state index in [-0.39, 0.29) is 6.03 Å². The molecular formula is C12H17BrN2O. The minimum atomic E-state index is 0.0467. The van der Waals surface area contributed by atoms with Crippen LogP contribution in [0.5, 0.6) is 0 Å². The number of rotatable bonds is 3. The van der Waals surface area contributed by atoms with Gasteiger partial charge in [0.2, 0.25) is 0 Å². The first kappa shape index (κ1) is 13.0. The minimum Gasteiger partial charge on any atom is -0.328 e. The molecule has 0 aromatic heterocycles. The molecule has 0 unspecified atom stereocenters. The molecular weight excluding hydrogens is 268 g/mol. The smallest absolute Gasteiger partial charge is 0.319 e. The normalized spacial score (nSPS) is 10.0. The Balaban J connectivity index is 2.60. The van der Waals surface area contributed by atoms with Gasteiger partial charge in [0.25, 0.3) is 0 Å². The van der Waals surface area contributed by atoms with Crippen molar-refractivity contribution in [1.82, 2.24) is 9.80 Å². The predicted molar refractivity (Wildman–Crippen MR) is 69.3 cm³/mol. The van der Waals surface area contributed by atoms with Gasteiger partial charge in [0.05, 0.1) is 0 Å². The molecule has 0 heterocycles. The molecule has 0 atom stereocenters. The lowest BCUT2D eigenvalue weighted by atomic mass is 10.2. The number of carbonyl (C=O) groups excluding carboxylic acids is 1. The molecule has 0 spiro atoms. The first-order valence-electron chi connectivity index (χ1n) is 5.25. The van der Waals surface area contributed by atoms with Crippen molar-refractivity contribution in [2.24, 2.45) is 0 Å². The number of urea groups is 1. The zero-order chi connectivity index (χ0) is 12.1. The van der Waals surface area contributed by atoms with Gasteiger partial charge >= 0.3 is 6.03 Å². The van der Waals surface area contributed by atoms with E-state index in [4.69, 9.17) is 0 Å². The van der Waals surface area contributed by atoms with Crippen LogP contribution in [0.1, 0.15) is 12.5 Å². The summed E-state index contributed by atoms with van der Waals surface area (Å²) >= 11 is 3.39. The molecule has 0 saturated heterocycles. The van der Waals surface area contributed by atoms with E-state index in [9.17, 15) is 4.79 Å². The zero-order valence-electron chi connectivity index (χ0n) is 9.90. The number of hydrogen-bond acceptors (Lipinski definition) is 1. The number of halogens is 1. The highest BCUT2D eigenvalue weighted by Gasteiger charge is 2.12. The maximum absolute atomic E-state index is 11.8. The van der Waals surface area contributed by atoms with Gasteiger partial charge in [-0.3, -0.25) is 0 Å². The second-order valence-electron chi connectivity index (χ2n) is 3.78. The molecule has 0 aliphatic carbocycles. The van der Waals surface area contributed by atoms with Crippen molar-refractivity contribution in [3.8, 4) is 0 Å². The van der Waals surface area contributed by atoms with E-state index in [2.05, 4.69) is 15.9 Å². The van der Waals surface area contributed by atoms with Gasteiger partial charge in [0.15, 0.2) is 0 Å². The van der Waals surface area contributed by atoms with Crippen LogP contribution in [0.15, 0.2) is 28.7 Å². The lowest BCUT2D eigenvalue weighted by Crippen LogP contribution is -2.38. The third kappa shape index (κ3) is 3.52. The molecule has 4 heteroatoms. The lowest BCUT2D eigenvalue weighted by Gasteiger charge is -2.23. The fourth-order valence-corrected chi connectivity index (χ4v) is 1.62. The minimum absolute atomic E-state index is 0.0467. The standard InChI is InChI=1S/C12H17BrN2O/c1-4-14(2)12(16)15(3)9-10-5-7-11(13)8-6-10/h5-8H,4,9H2,1-3H3. The molecule has 0 fully saturated rings. The molecule has 3 nitrogen and oxygen atoms in total. The van der Waals surface area contributed by atoms with Crippen LogP contribution in [0, 0.1) is 0 Å². The Bertz CT molecular complexity index is 351. The number of hydrogen-bond donors (Lipinski definition) is 0. The molecule has 1 rings (SSSR count). The maximum Gasteiger partial charge on any atom is 0.319 e. The molecule has 2 amide bonds. The molecule has 1 aromatic carbocycles. The van der Waals surface area contributed by atoms with Gasteiger partial charge in [-0.15, -0.1) is 0 Å². The topological polar surface area (TPSA) is 23.6 Å². The largest absolute Gasteiger partial charge is 0.328 e. The van der Waals surface area contributed by atoms with Crippen LogP contribution < -0.4 is 0 Å². The van der Waals surface area contributed by atoms with E-state index >= 15 is 0 Å². The van der Waals surface area contributed by atoms with E-state index in [1.165, 1.54) is 0 Å². The van der Waals surface area contributed by atoms with E-state index in [0.717, 1.165) is 16.6 Å². The lowest BCUT2D eigenvalue weighted by molar-refractivity contribution is 0.173. The molecule has 0 saturated carbocycles. The Labute approximate surface area is 105 Å². The van der Waals surface area contributed by atoms with E-state index < -0.39 is 0 Å². The van der Waals surface area contributed by atoms with Gasteiger partial charge in [-0.05, 0) is 24.6 Å². The quantitative estimate of drug-likeness (QED) is 0.837. The van der Waals surface area contributed by atoms with Crippen LogP contribution in [0.4, 0.5) is 4.79 Å². The van der Waals surface area contributed by atoms with Gasteiger partial charge in [-0.2, -0.15) is 0 Å². The summed E-state index contributed by atoms with van der Waals surface area (Å²) < 4.78 is 1.05. The fraction of sp³-hybridized carbons (Fsp3) is 0.417. The second-order valence-corrected chi connectivity index (χ2v) is 4.69. The van der Waals surface area contributed by atoms with Gasteiger partial charge in [0, 0.05) is 31.7 Å². The Morgan fingerprint density at radius 3 is 2.25 bits per heavy atom. The van der Waals surface area contributed by atoms with Crippen molar-refractivity contribution in [2.75, 3.05) is 20.6 Å². The molecule has 16 heavy (non-hydrogen) atoms. The SMILES string of the molecule is CCN(C)C(=O)N(C)Cc1ccc(Br)cc1. The van der Waals surface area contributed by atoms with Crippen LogP contribution in [0.25, 0.3) is 0 Å². The van der Waals surface area contributed by atoms with Gasteiger partial charge in [-0.1, -0.05) is 28.1 Å². The van der Waals surface area contributed by atoms with Crippen molar-refractivity contribution in [3.05, 3.63) is 34.3 Å². The molecule has 88 valence electrons. The molecule has 0 N–H and O–H groups in total. The summed E-state index contributed by atoms with van der Waals surface area (Å²) in [4.78, 5) is 15.2. The van der Waals surface area contributed by atoms with Crippen molar-refractivity contribution in [3.63, 3.8) is 0 Å². The van der Waals surface area contributed by atoms with Crippen molar-refractivity contribution in [1.29, 1.82) is 0 Å². The Morgan fingerprint density at radius 1 is 1.19 bits per heavy atom. The monoisotopic (exact) mass is 284 g/mol. The highest BCUT2D eigenvalue weighted by molar-refractivity contribution is 9.10. The van der Waals surface area contributed by atoms with Gasteiger partial charge in [0.1, 0.15) is 0 Å². The second kappa shape index (κ2) is 5.89. The first-order valence-corrected chi connectivity index (χ1v) is 6.04. The summed E-state index contributed by atoms with van der Waals surface area (Å²) in [5, 5.41) is 0. The summed E-state index contributed by atoms with van der Waals surface area (Å²) in [7, 11) is 3.62. The summed E-state index contributed by atoms with van der Waals surface area (Å²) in [6, 6.07) is 8.04. The Hall–Kier alpha value is -1.03. The zero-order valence-corrected chi connectivity index (χ0v) is 11.5. The first-order chi connectivity index (χ1) is 7.54. The third-order valence-corrected chi connectivity index (χ3v) is 2.99. The summed E-state index contributed by atoms with van der Waals surface area (Å²) in [6.45, 7) is 3.32. The summed E-state index contributed by atoms with van der Waals surface area (Å²) in [6.07, 6.45) is 0. The van der Waals surface area contributed by atoms with Crippen molar-refractivity contribution < 1.29 is 4.79 Å². The molecule has 0 aliphatic rings. The van der Waals surface area contributed by atoms with Crippen LogP contribution in [-0.2, 0) is 6.54 Å². The van der Waals surface area contributed by atoms with Crippen LogP contribution in [-0.4, -0.2) is 36.5 Å². The summed E-state index contributed by atoms with van der Waals surface area (Å²) in [5.74, 6) is 0. The van der Waals surface area contributed by atoms with Crippen molar-refractivity contribution >= 4 is 22.0 Å². The number of nitrogens with zero attached hydrogens (tertiary/aromatic N) is 2. The van der Waals surface area contributed by atoms with E-state index in [0.29, 0.717) is 6.54 Å².